The summed E-state index contributed by atoms with van der Waals surface area (Å²) in [5.41, 5.74) is 5.61. The Balaban J connectivity index is 1.64. The first-order valence-electron chi connectivity index (χ1n) is 8.51. The summed E-state index contributed by atoms with van der Waals surface area (Å²) in [7, 11) is 1.45. The van der Waals surface area contributed by atoms with Crippen LogP contribution in [-0.2, 0) is 11.2 Å². The lowest BCUT2D eigenvalue weighted by molar-refractivity contribution is -0.121. The smallest absolute Gasteiger partial charge is 0.269 e. The number of nitrogens with one attached hydrogen (secondary N) is 2. The maximum absolute atomic E-state index is 13.2. The quantitative estimate of drug-likeness (QED) is 0.641. The Morgan fingerprint density at radius 3 is 2.55 bits per heavy atom. The van der Waals surface area contributed by atoms with Crippen LogP contribution in [0.3, 0.4) is 0 Å². The van der Waals surface area contributed by atoms with Gasteiger partial charge in [0.25, 0.3) is 5.91 Å². The minimum absolute atomic E-state index is 0.231. The molecule has 1 aromatic heterocycles. The molecule has 2 N–H and O–H groups in total. The number of carbonyl (C=O) groups excluding carboxylic acids is 2. The number of aryl methyl sites for hydroxylation is 1. The predicted octanol–water partition coefficient (Wildman–Crippen LogP) is 2.94. The number of ether oxygens (including phenoxy) is 1. The zero-order valence-electron chi connectivity index (χ0n) is 15.6. The van der Waals surface area contributed by atoms with Gasteiger partial charge in [0.15, 0.2) is 23.3 Å². The third-order valence-corrected chi connectivity index (χ3v) is 4.01. The monoisotopic (exact) mass is 401 g/mol. The van der Waals surface area contributed by atoms with Gasteiger partial charge in [0.2, 0.25) is 5.91 Å². The average molecular weight is 401 g/mol. The fourth-order valence-electron chi connectivity index (χ4n) is 2.60. The van der Waals surface area contributed by atoms with Gasteiger partial charge in [-0.15, -0.1) is 0 Å². The standard InChI is InChI=1S/C20H17F2N3O4/c1-11-23-10-18(29-11)14-5-4-13(9-17(14)28-2)20(27)25-24-19(26)8-12-3-6-15(21)16(22)7-12/h3-7,9-10H,8H2,1-2H3,(H,24,26)(H,25,27). The van der Waals surface area contributed by atoms with E-state index in [-0.39, 0.29) is 17.5 Å². The first-order valence-corrected chi connectivity index (χ1v) is 8.51. The summed E-state index contributed by atoms with van der Waals surface area (Å²) < 4.78 is 36.9. The molecular formula is C20H17F2N3O4. The molecule has 0 aliphatic carbocycles. The van der Waals surface area contributed by atoms with E-state index in [4.69, 9.17) is 9.15 Å². The maximum atomic E-state index is 13.2. The molecule has 0 fully saturated rings. The van der Waals surface area contributed by atoms with Crippen molar-refractivity contribution in [3.8, 4) is 17.1 Å². The summed E-state index contributed by atoms with van der Waals surface area (Å²) >= 11 is 0. The zero-order chi connectivity index (χ0) is 21.0. The lowest BCUT2D eigenvalue weighted by atomic mass is 10.1. The Morgan fingerprint density at radius 2 is 1.90 bits per heavy atom. The number of benzene rings is 2. The summed E-state index contributed by atoms with van der Waals surface area (Å²) in [5.74, 6) is -1.85. The summed E-state index contributed by atoms with van der Waals surface area (Å²) in [5, 5.41) is 0. The third kappa shape index (κ3) is 4.75. The van der Waals surface area contributed by atoms with Gasteiger partial charge in [-0.05, 0) is 35.9 Å². The van der Waals surface area contributed by atoms with Gasteiger partial charge in [-0.1, -0.05) is 6.07 Å². The summed E-state index contributed by atoms with van der Waals surface area (Å²) in [6, 6.07) is 7.80. The van der Waals surface area contributed by atoms with E-state index in [1.807, 2.05) is 0 Å². The molecular weight excluding hydrogens is 384 g/mol. The van der Waals surface area contributed by atoms with Crippen LogP contribution < -0.4 is 15.6 Å². The van der Waals surface area contributed by atoms with Crippen LogP contribution in [-0.4, -0.2) is 23.9 Å². The minimum Gasteiger partial charge on any atom is -0.496 e. The number of rotatable bonds is 5. The number of oxazole rings is 1. The molecule has 0 saturated carbocycles. The molecule has 7 nitrogen and oxygen atoms in total. The largest absolute Gasteiger partial charge is 0.496 e. The maximum Gasteiger partial charge on any atom is 0.269 e. The van der Waals surface area contributed by atoms with Gasteiger partial charge < -0.3 is 9.15 Å². The van der Waals surface area contributed by atoms with Crippen LogP contribution in [0.5, 0.6) is 5.75 Å². The molecule has 3 aromatic rings. The fourth-order valence-corrected chi connectivity index (χ4v) is 2.60. The summed E-state index contributed by atoms with van der Waals surface area (Å²) in [6.07, 6.45) is 1.32. The molecule has 0 radical (unpaired) electrons. The zero-order valence-corrected chi connectivity index (χ0v) is 15.6. The van der Waals surface area contributed by atoms with E-state index in [1.165, 1.54) is 25.3 Å². The highest BCUT2D eigenvalue weighted by atomic mass is 19.2. The Bertz CT molecular complexity index is 1070. The number of carbonyl (C=O) groups is 2. The number of aromatic nitrogens is 1. The van der Waals surface area contributed by atoms with Gasteiger partial charge in [0.1, 0.15) is 5.75 Å². The van der Waals surface area contributed by atoms with Crippen LogP contribution in [0.15, 0.2) is 47.0 Å². The van der Waals surface area contributed by atoms with E-state index >= 15 is 0 Å². The number of amides is 2. The van der Waals surface area contributed by atoms with Crippen LogP contribution in [0.2, 0.25) is 0 Å². The van der Waals surface area contributed by atoms with Crippen LogP contribution in [0.25, 0.3) is 11.3 Å². The van der Waals surface area contributed by atoms with E-state index in [9.17, 15) is 18.4 Å². The molecule has 0 saturated heterocycles. The highest BCUT2D eigenvalue weighted by Gasteiger charge is 2.15. The lowest BCUT2D eigenvalue weighted by Crippen LogP contribution is -2.42. The molecule has 9 heteroatoms. The van der Waals surface area contributed by atoms with Gasteiger partial charge in [-0.25, -0.2) is 13.8 Å². The van der Waals surface area contributed by atoms with Gasteiger partial charge in [-0.2, -0.15) is 0 Å². The number of hydrogen-bond acceptors (Lipinski definition) is 5. The predicted molar refractivity (Wildman–Crippen MR) is 98.9 cm³/mol. The van der Waals surface area contributed by atoms with Crippen molar-refractivity contribution in [2.24, 2.45) is 0 Å². The highest BCUT2D eigenvalue weighted by Crippen LogP contribution is 2.31. The molecule has 3 rings (SSSR count). The van der Waals surface area contributed by atoms with Gasteiger partial charge in [-0.3, -0.25) is 20.4 Å². The topological polar surface area (TPSA) is 93.5 Å². The fraction of sp³-hybridized carbons (Fsp3) is 0.150. The molecule has 0 unspecified atom stereocenters. The van der Waals surface area contributed by atoms with Crippen molar-refractivity contribution in [2.45, 2.75) is 13.3 Å². The first kappa shape index (κ1) is 20.0. The molecule has 0 aliphatic heterocycles. The summed E-state index contributed by atoms with van der Waals surface area (Å²) in [4.78, 5) is 28.2. The second kappa shape index (κ2) is 8.51. The van der Waals surface area contributed by atoms with E-state index in [1.54, 1.807) is 19.2 Å². The number of hydrogen-bond donors (Lipinski definition) is 2. The van der Waals surface area contributed by atoms with Crippen molar-refractivity contribution in [2.75, 3.05) is 7.11 Å². The normalized spacial score (nSPS) is 10.5. The Morgan fingerprint density at radius 1 is 1.10 bits per heavy atom. The average Bonchev–Trinajstić information content (AvgIpc) is 3.14. The van der Waals surface area contributed by atoms with E-state index in [2.05, 4.69) is 15.8 Å². The molecule has 0 spiro atoms. The van der Waals surface area contributed by atoms with Crippen LogP contribution in [0.1, 0.15) is 21.8 Å². The second-order valence-electron chi connectivity index (χ2n) is 6.09. The van der Waals surface area contributed by atoms with Crippen LogP contribution in [0, 0.1) is 18.6 Å². The first-order chi connectivity index (χ1) is 13.9. The Labute approximate surface area is 164 Å². The number of methoxy groups -OCH3 is 1. The molecule has 29 heavy (non-hydrogen) atoms. The van der Waals surface area contributed by atoms with Crippen molar-refractivity contribution < 1.29 is 27.5 Å². The number of halogens is 2. The molecule has 0 aliphatic rings. The second-order valence-corrected chi connectivity index (χ2v) is 6.09. The van der Waals surface area contributed by atoms with Crippen molar-refractivity contribution in [3.63, 3.8) is 0 Å². The van der Waals surface area contributed by atoms with E-state index < -0.39 is 23.4 Å². The molecule has 2 aromatic carbocycles. The number of nitrogens with zero attached hydrogens (tertiary/aromatic N) is 1. The molecule has 0 atom stereocenters. The molecule has 0 bridgehead atoms. The molecule has 2 amide bonds. The van der Waals surface area contributed by atoms with Crippen molar-refractivity contribution in [1.29, 1.82) is 0 Å². The highest BCUT2D eigenvalue weighted by molar-refractivity contribution is 5.96. The van der Waals surface area contributed by atoms with Crippen molar-refractivity contribution >= 4 is 11.8 Å². The Kier molecular flexibility index (Phi) is 5.87. The lowest BCUT2D eigenvalue weighted by Gasteiger charge is -2.10. The van der Waals surface area contributed by atoms with E-state index in [0.29, 0.717) is 23.0 Å². The number of hydrazine groups is 1. The minimum atomic E-state index is -1.05. The van der Waals surface area contributed by atoms with Crippen LogP contribution in [0.4, 0.5) is 8.78 Å². The SMILES string of the molecule is COc1cc(C(=O)NNC(=O)Cc2ccc(F)c(F)c2)ccc1-c1cnc(C)o1. The van der Waals surface area contributed by atoms with Gasteiger partial charge >= 0.3 is 0 Å². The van der Waals surface area contributed by atoms with Gasteiger partial charge in [0.05, 0.1) is 25.3 Å². The van der Waals surface area contributed by atoms with Crippen LogP contribution >= 0.6 is 0 Å². The van der Waals surface area contributed by atoms with Crippen molar-refractivity contribution in [1.82, 2.24) is 15.8 Å². The Hall–Kier alpha value is -3.75. The third-order valence-electron chi connectivity index (χ3n) is 4.01. The molecule has 1 heterocycles. The summed E-state index contributed by atoms with van der Waals surface area (Å²) in [6.45, 7) is 1.71. The van der Waals surface area contributed by atoms with Gasteiger partial charge in [0, 0.05) is 12.5 Å². The van der Waals surface area contributed by atoms with Crippen molar-refractivity contribution in [3.05, 3.63) is 71.2 Å². The molecule has 150 valence electrons. The van der Waals surface area contributed by atoms with E-state index in [0.717, 1.165) is 12.1 Å².